The Morgan fingerprint density at radius 1 is 0.844 bits per heavy atom. The fourth-order valence-electron chi connectivity index (χ4n) is 4.16. The number of hydrogen-bond acceptors (Lipinski definition) is 2. The maximum atomic E-state index is 12.5. The zero-order valence-corrected chi connectivity index (χ0v) is 18.1. The van der Waals surface area contributed by atoms with Crippen molar-refractivity contribution in [1.29, 1.82) is 0 Å². The summed E-state index contributed by atoms with van der Waals surface area (Å²) in [5, 5.41) is 8.07. The van der Waals surface area contributed by atoms with Crippen molar-refractivity contribution in [3.63, 3.8) is 0 Å². The van der Waals surface area contributed by atoms with E-state index in [2.05, 4.69) is 50.5 Å². The zero-order valence-electron chi connectivity index (χ0n) is 18.1. The predicted molar refractivity (Wildman–Crippen MR) is 131 cm³/mol. The van der Waals surface area contributed by atoms with Gasteiger partial charge in [-0.3, -0.25) is 4.98 Å². The lowest BCUT2D eigenvalue weighted by molar-refractivity contribution is 0.262. The first-order chi connectivity index (χ1) is 15.6. The van der Waals surface area contributed by atoms with Crippen LogP contribution in [-0.4, -0.2) is 15.6 Å². The van der Waals surface area contributed by atoms with E-state index in [1.54, 1.807) is 0 Å². The maximum Gasteiger partial charge on any atom is 0.323 e. The zero-order chi connectivity index (χ0) is 22.1. The highest BCUT2D eigenvalue weighted by molar-refractivity contribution is 6.11. The number of pyridine rings is 1. The molecule has 0 aliphatic carbocycles. The Kier molecular flexibility index (Phi) is 5.07. The van der Waals surface area contributed by atoms with Gasteiger partial charge in [0, 0.05) is 40.4 Å². The number of carbonyl (C=O) groups is 1. The summed E-state index contributed by atoms with van der Waals surface area (Å²) in [5.41, 5.74) is 7.11. The van der Waals surface area contributed by atoms with Crippen molar-refractivity contribution < 1.29 is 4.79 Å². The molecule has 0 spiro atoms. The molecule has 0 aliphatic heterocycles. The van der Waals surface area contributed by atoms with E-state index in [1.165, 1.54) is 5.56 Å². The first-order valence-electron chi connectivity index (χ1n) is 10.6. The van der Waals surface area contributed by atoms with Crippen LogP contribution < -0.4 is 10.6 Å². The third kappa shape index (κ3) is 3.81. The number of carbonyl (C=O) groups excluding carboxylic acids is 1. The van der Waals surface area contributed by atoms with Crippen LogP contribution in [0.1, 0.15) is 16.8 Å². The average Bonchev–Trinajstić information content (AvgIpc) is 3.10. The molecule has 0 unspecified atom stereocenters. The van der Waals surface area contributed by atoms with E-state index in [-0.39, 0.29) is 6.03 Å². The van der Waals surface area contributed by atoms with Crippen LogP contribution in [0.5, 0.6) is 0 Å². The van der Waals surface area contributed by atoms with Crippen LogP contribution in [0.3, 0.4) is 0 Å². The van der Waals surface area contributed by atoms with Crippen molar-refractivity contribution >= 4 is 39.2 Å². The van der Waals surface area contributed by atoms with Gasteiger partial charge < -0.3 is 15.2 Å². The number of aromatic nitrogens is 2. The second-order valence-corrected chi connectivity index (χ2v) is 8.04. The SMILES string of the molecule is Cc1ccc(NC(=O)Nc2ccc3c(c2)c2ccnc(C)c2n3Cc2ccccc2)cc1. The van der Waals surface area contributed by atoms with Crippen LogP contribution in [0.15, 0.2) is 85.1 Å². The molecule has 0 radical (unpaired) electrons. The second kappa shape index (κ2) is 8.19. The molecule has 2 N–H and O–H groups in total. The van der Waals surface area contributed by atoms with E-state index in [4.69, 9.17) is 0 Å². The highest BCUT2D eigenvalue weighted by atomic mass is 16.2. The Hall–Kier alpha value is -4.12. The minimum atomic E-state index is -0.265. The fourth-order valence-corrected chi connectivity index (χ4v) is 4.16. The van der Waals surface area contributed by atoms with Gasteiger partial charge in [-0.15, -0.1) is 0 Å². The lowest BCUT2D eigenvalue weighted by atomic mass is 10.1. The van der Waals surface area contributed by atoms with E-state index in [0.29, 0.717) is 0 Å². The molecule has 5 aromatic rings. The predicted octanol–water partition coefficient (Wildman–Crippen LogP) is 6.50. The van der Waals surface area contributed by atoms with Gasteiger partial charge in [0.15, 0.2) is 0 Å². The molecule has 3 aromatic carbocycles. The largest absolute Gasteiger partial charge is 0.334 e. The van der Waals surface area contributed by atoms with Gasteiger partial charge in [0.25, 0.3) is 0 Å². The van der Waals surface area contributed by atoms with Crippen molar-refractivity contribution in [3.05, 3.63) is 102 Å². The summed E-state index contributed by atoms with van der Waals surface area (Å²) in [6.45, 7) is 4.81. The summed E-state index contributed by atoms with van der Waals surface area (Å²) in [6, 6.07) is 26.0. The molecule has 32 heavy (non-hydrogen) atoms. The van der Waals surface area contributed by atoms with Crippen molar-refractivity contribution in [2.45, 2.75) is 20.4 Å². The molecular formula is C27H24N4O. The number of aryl methyl sites for hydroxylation is 2. The molecule has 0 saturated heterocycles. The fraction of sp³-hybridized carbons (Fsp3) is 0.111. The molecule has 158 valence electrons. The van der Waals surface area contributed by atoms with Gasteiger partial charge >= 0.3 is 6.03 Å². The summed E-state index contributed by atoms with van der Waals surface area (Å²) in [5.74, 6) is 0. The Morgan fingerprint density at radius 2 is 1.56 bits per heavy atom. The summed E-state index contributed by atoms with van der Waals surface area (Å²) in [7, 11) is 0. The summed E-state index contributed by atoms with van der Waals surface area (Å²) in [6.07, 6.45) is 1.84. The number of anilines is 2. The topological polar surface area (TPSA) is 59.0 Å². The second-order valence-electron chi connectivity index (χ2n) is 8.04. The van der Waals surface area contributed by atoms with Gasteiger partial charge in [0.1, 0.15) is 0 Å². The molecule has 2 amide bonds. The lowest BCUT2D eigenvalue weighted by Gasteiger charge is -2.10. The number of rotatable bonds is 4. The van der Waals surface area contributed by atoms with Crippen molar-refractivity contribution in [2.24, 2.45) is 0 Å². The number of amides is 2. The third-order valence-electron chi connectivity index (χ3n) is 5.71. The first kappa shape index (κ1) is 19.8. The smallest absolute Gasteiger partial charge is 0.323 e. The molecule has 0 saturated carbocycles. The number of fused-ring (bicyclic) bond motifs is 3. The molecule has 2 aromatic heterocycles. The van der Waals surface area contributed by atoms with Crippen LogP contribution in [0.25, 0.3) is 21.8 Å². The van der Waals surface area contributed by atoms with Gasteiger partial charge in [-0.05, 0) is 55.8 Å². The first-order valence-corrected chi connectivity index (χ1v) is 10.6. The van der Waals surface area contributed by atoms with Crippen LogP contribution in [0.2, 0.25) is 0 Å². The highest BCUT2D eigenvalue weighted by Crippen LogP contribution is 2.33. The Bertz CT molecular complexity index is 1420. The number of urea groups is 1. The van der Waals surface area contributed by atoms with Crippen LogP contribution >= 0.6 is 0 Å². The number of nitrogens with zero attached hydrogens (tertiary/aromatic N) is 2. The van der Waals surface area contributed by atoms with E-state index in [1.807, 2.05) is 68.6 Å². The van der Waals surface area contributed by atoms with Crippen LogP contribution in [0.4, 0.5) is 16.2 Å². The standard InChI is InChI=1S/C27H24N4O/c1-18-8-10-21(11-9-18)29-27(32)30-22-12-13-25-24(16-22)23-14-15-28-19(2)26(23)31(25)17-20-6-4-3-5-7-20/h3-16H,17H2,1-2H3,(H2,29,30,32). The number of hydrogen-bond donors (Lipinski definition) is 2. The Balaban J connectivity index is 1.51. The molecule has 0 aliphatic rings. The van der Waals surface area contributed by atoms with Gasteiger partial charge in [-0.1, -0.05) is 48.0 Å². The highest BCUT2D eigenvalue weighted by Gasteiger charge is 2.14. The van der Waals surface area contributed by atoms with Crippen LogP contribution in [-0.2, 0) is 6.54 Å². The normalized spacial score (nSPS) is 11.1. The minimum Gasteiger partial charge on any atom is -0.334 e. The summed E-state index contributed by atoms with van der Waals surface area (Å²) < 4.78 is 2.30. The van der Waals surface area contributed by atoms with Crippen molar-refractivity contribution in [2.75, 3.05) is 10.6 Å². The minimum absolute atomic E-state index is 0.265. The quantitative estimate of drug-likeness (QED) is 0.349. The van der Waals surface area contributed by atoms with E-state index in [9.17, 15) is 4.79 Å². The number of benzene rings is 3. The lowest BCUT2D eigenvalue weighted by Crippen LogP contribution is -2.19. The summed E-state index contributed by atoms with van der Waals surface area (Å²) >= 11 is 0. The van der Waals surface area contributed by atoms with Gasteiger partial charge in [-0.2, -0.15) is 0 Å². The molecular weight excluding hydrogens is 396 g/mol. The van der Waals surface area contributed by atoms with E-state index < -0.39 is 0 Å². The van der Waals surface area contributed by atoms with Crippen LogP contribution in [0, 0.1) is 13.8 Å². The van der Waals surface area contributed by atoms with Gasteiger partial charge in [0.2, 0.25) is 0 Å². The molecule has 5 rings (SSSR count). The molecule has 0 atom stereocenters. The molecule has 5 nitrogen and oxygen atoms in total. The van der Waals surface area contributed by atoms with Crippen molar-refractivity contribution in [1.82, 2.24) is 9.55 Å². The molecule has 0 bridgehead atoms. The Morgan fingerprint density at radius 3 is 2.34 bits per heavy atom. The number of nitrogens with one attached hydrogen (secondary N) is 2. The van der Waals surface area contributed by atoms with Crippen molar-refractivity contribution in [3.8, 4) is 0 Å². The molecule has 5 heteroatoms. The van der Waals surface area contributed by atoms with E-state index >= 15 is 0 Å². The molecule has 2 heterocycles. The van der Waals surface area contributed by atoms with Gasteiger partial charge in [0.05, 0.1) is 11.2 Å². The maximum absolute atomic E-state index is 12.5. The Labute approximate surface area is 186 Å². The van der Waals surface area contributed by atoms with Gasteiger partial charge in [-0.25, -0.2) is 4.79 Å². The van der Waals surface area contributed by atoms with E-state index in [0.717, 1.165) is 51.0 Å². The molecule has 0 fully saturated rings. The monoisotopic (exact) mass is 420 g/mol. The third-order valence-corrected chi connectivity index (χ3v) is 5.71. The average molecular weight is 421 g/mol. The summed E-state index contributed by atoms with van der Waals surface area (Å²) in [4.78, 5) is 17.1.